The summed E-state index contributed by atoms with van der Waals surface area (Å²) in [4.78, 5) is 10.8. The van der Waals surface area contributed by atoms with Crippen molar-refractivity contribution in [2.75, 3.05) is 5.75 Å². The summed E-state index contributed by atoms with van der Waals surface area (Å²) >= 11 is 0.486. The minimum Gasteiger partial charge on any atom is -0.548 e. The average Bonchev–Trinajstić information content (AvgIpc) is 2.27. The summed E-state index contributed by atoms with van der Waals surface area (Å²) in [5.74, 6) is -1.76. The molecule has 0 aromatic carbocycles. The van der Waals surface area contributed by atoms with Gasteiger partial charge in [-0.25, -0.2) is 0 Å². The fourth-order valence-electron chi connectivity index (χ4n) is 1.83. The predicted octanol–water partition coefficient (Wildman–Crippen LogP) is -0.871. The molecule has 7 heteroatoms. The molecule has 1 saturated heterocycles. The van der Waals surface area contributed by atoms with Crippen LogP contribution in [-0.2, 0) is 4.79 Å². The van der Waals surface area contributed by atoms with Gasteiger partial charge in [0, 0.05) is 0 Å². The molecule has 1 fully saturated rings. The van der Waals surface area contributed by atoms with Crippen molar-refractivity contribution < 1.29 is 41.9 Å². The van der Waals surface area contributed by atoms with E-state index in [1.165, 1.54) is 0 Å². The molecule has 0 spiro atoms. The standard InChI is InChI=1S/C10H15F3O2S.Li/c11-10(12,13)9(8(14)15)6-4-2-1-3-5-7-16-9;/h1-7H2,(H,14,15);/q;+1/p-1. The van der Waals surface area contributed by atoms with E-state index in [1.807, 2.05) is 0 Å². The van der Waals surface area contributed by atoms with E-state index in [-0.39, 0.29) is 31.0 Å². The predicted molar refractivity (Wildman–Crippen MR) is 54.0 cm³/mol. The van der Waals surface area contributed by atoms with Gasteiger partial charge in [-0.2, -0.15) is 13.2 Å². The Balaban J connectivity index is 0.00000256. The summed E-state index contributed by atoms with van der Waals surface area (Å²) in [5.41, 5.74) is 0. The summed E-state index contributed by atoms with van der Waals surface area (Å²) in [6, 6.07) is 0. The summed E-state index contributed by atoms with van der Waals surface area (Å²) in [5, 5.41) is 10.8. The topological polar surface area (TPSA) is 40.1 Å². The fraction of sp³-hybridized carbons (Fsp3) is 0.900. The fourth-order valence-corrected chi connectivity index (χ4v) is 3.09. The van der Waals surface area contributed by atoms with Gasteiger partial charge >= 0.3 is 25.0 Å². The normalized spacial score (nSPS) is 27.2. The second kappa shape index (κ2) is 6.96. The number of carboxylic acids is 1. The molecule has 1 rings (SSSR count). The zero-order chi connectivity index (χ0) is 12.2. The van der Waals surface area contributed by atoms with E-state index in [2.05, 4.69) is 0 Å². The Kier molecular flexibility index (Phi) is 7.04. The molecular formula is C10H14F3LiO2S. The molecule has 0 aromatic rings. The van der Waals surface area contributed by atoms with Gasteiger partial charge in [-0.15, -0.1) is 11.8 Å². The molecule has 1 atom stereocenters. The van der Waals surface area contributed by atoms with Crippen molar-refractivity contribution in [3.05, 3.63) is 0 Å². The van der Waals surface area contributed by atoms with E-state index < -0.39 is 16.9 Å². The molecule has 94 valence electrons. The van der Waals surface area contributed by atoms with Crippen LogP contribution in [0.3, 0.4) is 0 Å². The Morgan fingerprint density at radius 2 is 1.65 bits per heavy atom. The zero-order valence-electron chi connectivity index (χ0n) is 9.81. The van der Waals surface area contributed by atoms with Crippen LogP contribution in [0.2, 0.25) is 0 Å². The van der Waals surface area contributed by atoms with E-state index in [4.69, 9.17) is 0 Å². The number of carboxylic acid groups (broad SMARTS) is 1. The van der Waals surface area contributed by atoms with E-state index in [0.717, 1.165) is 12.8 Å². The van der Waals surface area contributed by atoms with Crippen LogP contribution in [0.1, 0.15) is 38.5 Å². The van der Waals surface area contributed by atoms with Crippen molar-refractivity contribution >= 4 is 17.7 Å². The molecule has 0 aromatic heterocycles. The number of rotatable bonds is 1. The summed E-state index contributed by atoms with van der Waals surface area (Å²) in [6.45, 7) is 0. The minimum absolute atomic E-state index is 0. The number of aliphatic carboxylic acids is 1. The third kappa shape index (κ3) is 4.11. The van der Waals surface area contributed by atoms with Gasteiger partial charge in [0.05, 0.1) is 5.97 Å². The quantitative estimate of drug-likeness (QED) is 0.577. The molecule has 0 saturated carbocycles. The number of thioether (sulfide) groups is 1. The van der Waals surface area contributed by atoms with Crippen molar-refractivity contribution in [2.24, 2.45) is 0 Å². The first-order valence-electron chi connectivity index (χ1n) is 5.32. The van der Waals surface area contributed by atoms with E-state index in [0.29, 0.717) is 31.0 Å². The Labute approximate surface area is 115 Å². The van der Waals surface area contributed by atoms with Gasteiger partial charge in [-0.1, -0.05) is 25.7 Å². The molecule has 1 heterocycles. The second-order valence-corrected chi connectivity index (χ2v) is 5.37. The van der Waals surface area contributed by atoms with E-state index in [1.54, 1.807) is 0 Å². The smallest absolute Gasteiger partial charge is 0.548 e. The van der Waals surface area contributed by atoms with Crippen LogP contribution in [0.15, 0.2) is 0 Å². The second-order valence-electron chi connectivity index (χ2n) is 3.98. The number of carbonyl (C=O) groups is 1. The molecule has 0 bridgehead atoms. The van der Waals surface area contributed by atoms with Crippen LogP contribution in [0.25, 0.3) is 0 Å². The van der Waals surface area contributed by atoms with Crippen molar-refractivity contribution in [2.45, 2.75) is 49.4 Å². The molecule has 1 unspecified atom stereocenters. The van der Waals surface area contributed by atoms with Crippen LogP contribution in [0.5, 0.6) is 0 Å². The Morgan fingerprint density at radius 3 is 2.18 bits per heavy atom. The molecule has 1 aliphatic heterocycles. The third-order valence-corrected chi connectivity index (χ3v) is 4.40. The Morgan fingerprint density at radius 1 is 1.12 bits per heavy atom. The molecule has 2 nitrogen and oxygen atoms in total. The van der Waals surface area contributed by atoms with E-state index in [9.17, 15) is 23.1 Å². The third-order valence-electron chi connectivity index (χ3n) is 2.81. The van der Waals surface area contributed by atoms with Gasteiger partial charge in [-0.05, 0) is 18.6 Å². The monoisotopic (exact) mass is 262 g/mol. The first kappa shape index (κ1) is 17.2. The molecule has 0 amide bonds. The molecule has 0 radical (unpaired) electrons. The van der Waals surface area contributed by atoms with Gasteiger partial charge < -0.3 is 9.90 Å². The number of carbonyl (C=O) groups excluding carboxylic acids is 1. The summed E-state index contributed by atoms with van der Waals surface area (Å²) in [7, 11) is 0. The SMILES string of the molecule is O=C([O-])C1(C(F)(F)F)CCCCCCCS1.[Li+]. The van der Waals surface area contributed by atoms with Crippen molar-refractivity contribution in [1.82, 2.24) is 0 Å². The van der Waals surface area contributed by atoms with Gasteiger partial charge in [-0.3, -0.25) is 0 Å². The minimum atomic E-state index is -4.74. The van der Waals surface area contributed by atoms with Crippen molar-refractivity contribution in [1.29, 1.82) is 0 Å². The Hall–Kier alpha value is 0.207. The Bertz CT molecular complexity index is 248. The first-order valence-corrected chi connectivity index (χ1v) is 6.31. The van der Waals surface area contributed by atoms with Crippen LogP contribution in [0, 0.1) is 0 Å². The van der Waals surface area contributed by atoms with Crippen LogP contribution < -0.4 is 24.0 Å². The maximum Gasteiger partial charge on any atom is 1.00 e. The number of halogens is 3. The summed E-state index contributed by atoms with van der Waals surface area (Å²) < 4.78 is 35.9. The van der Waals surface area contributed by atoms with Gasteiger partial charge in [0.25, 0.3) is 0 Å². The molecule has 0 N–H and O–H groups in total. The van der Waals surface area contributed by atoms with Gasteiger partial charge in [0.2, 0.25) is 0 Å². The number of hydrogen-bond donors (Lipinski definition) is 0. The molecule has 1 aliphatic rings. The van der Waals surface area contributed by atoms with Gasteiger partial charge in [0.1, 0.15) is 0 Å². The molecule has 17 heavy (non-hydrogen) atoms. The van der Waals surface area contributed by atoms with E-state index >= 15 is 0 Å². The van der Waals surface area contributed by atoms with Crippen LogP contribution in [0.4, 0.5) is 13.2 Å². The van der Waals surface area contributed by atoms with Crippen LogP contribution >= 0.6 is 11.8 Å². The van der Waals surface area contributed by atoms with Crippen LogP contribution in [-0.4, -0.2) is 22.6 Å². The number of alkyl halides is 3. The maximum atomic E-state index is 12.9. The first-order chi connectivity index (χ1) is 7.40. The summed E-state index contributed by atoms with van der Waals surface area (Å²) in [6.07, 6.45) is -1.78. The van der Waals surface area contributed by atoms with Crippen molar-refractivity contribution in [3.63, 3.8) is 0 Å². The number of hydrogen-bond acceptors (Lipinski definition) is 3. The van der Waals surface area contributed by atoms with Gasteiger partial charge in [0.15, 0.2) is 4.75 Å². The molecule has 0 aliphatic carbocycles. The molecular weight excluding hydrogens is 248 g/mol. The van der Waals surface area contributed by atoms with Crippen molar-refractivity contribution in [3.8, 4) is 0 Å². The zero-order valence-corrected chi connectivity index (χ0v) is 10.6. The maximum absolute atomic E-state index is 12.9. The largest absolute Gasteiger partial charge is 1.00 e. The average molecular weight is 262 g/mol.